The van der Waals surface area contributed by atoms with E-state index >= 15 is 0 Å². The molecule has 9 nitrogen and oxygen atoms in total. The third-order valence-electron chi connectivity index (χ3n) is 6.46. The number of amides is 1. The monoisotopic (exact) mass is 442 g/mol. The SMILES string of the molecule is CN1CC=C(C2NSC(C(=O)Nc3cnc(N4NCCN4)c(C#N)c3)C2C2CC2)CC1.[HH]. The number of pyridine rings is 1. The van der Waals surface area contributed by atoms with Crippen LogP contribution in [-0.4, -0.2) is 60.3 Å². The average Bonchev–Trinajstić information content (AvgIpc) is 3.29. The van der Waals surface area contributed by atoms with Crippen LogP contribution in [0.25, 0.3) is 0 Å². The minimum absolute atomic E-state index is 0. The first-order valence-corrected chi connectivity index (χ1v) is 11.8. The van der Waals surface area contributed by atoms with Crippen molar-refractivity contribution in [1.82, 2.24) is 25.5 Å². The van der Waals surface area contributed by atoms with Crippen molar-refractivity contribution in [2.45, 2.75) is 30.6 Å². The van der Waals surface area contributed by atoms with Crippen LogP contribution < -0.4 is 26.0 Å². The van der Waals surface area contributed by atoms with Gasteiger partial charge in [0.1, 0.15) is 11.3 Å². The fraction of sp³-hybridized carbons (Fsp3) is 0.571. The Kier molecular flexibility index (Phi) is 5.86. The van der Waals surface area contributed by atoms with Crippen LogP contribution in [0.3, 0.4) is 0 Å². The molecule has 5 rings (SSSR count). The number of hydrazine groups is 2. The molecule has 3 aliphatic heterocycles. The summed E-state index contributed by atoms with van der Waals surface area (Å²) in [4.78, 5) is 20.0. The summed E-state index contributed by atoms with van der Waals surface area (Å²) in [6, 6.07) is 4.14. The second-order valence-corrected chi connectivity index (χ2v) is 9.67. The fourth-order valence-electron chi connectivity index (χ4n) is 4.64. The van der Waals surface area contributed by atoms with E-state index in [-0.39, 0.29) is 18.6 Å². The highest BCUT2D eigenvalue weighted by Gasteiger charge is 2.50. The van der Waals surface area contributed by atoms with Crippen molar-refractivity contribution >= 4 is 29.4 Å². The van der Waals surface area contributed by atoms with E-state index in [0.717, 1.165) is 32.6 Å². The van der Waals surface area contributed by atoms with E-state index in [1.807, 2.05) is 0 Å². The van der Waals surface area contributed by atoms with Gasteiger partial charge in [0.15, 0.2) is 5.82 Å². The molecule has 3 fully saturated rings. The molecule has 0 radical (unpaired) electrons. The Morgan fingerprint density at radius 2 is 2.19 bits per heavy atom. The van der Waals surface area contributed by atoms with Gasteiger partial charge in [-0.05, 0) is 38.3 Å². The van der Waals surface area contributed by atoms with E-state index in [4.69, 9.17) is 0 Å². The highest BCUT2D eigenvalue weighted by atomic mass is 32.2. The Morgan fingerprint density at radius 1 is 1.39 bits per heavy atom. The second kappa shape index (κ2) is 8.76. The molecule has 0 bridgehead atoms. The number of hydrogen-bond acceptors (Lipinski definition) is 9. The maximum absolute atomic E-state index is 13.2. The number of hydrogen-bond donors (Lipinski definition) is 4. The van der Waals surface area contributed by atoms with E-state index in [1.165, 1.54) is 18.4 Å². The molecule has 10 heteroatoms. The number of anilines is 2. The van der Waals surface area contributed by atoms with Gasteiger partial charge in [0.05, 0.1) is 17.4 Å². The van der Waals surface area contributed by atoms with Crippen LogP contribution in [0.15, 0.2) is 23.9 Å². The Balaban J connectivity index is 0.00000245. The third kappa shape index (κ3) is 4.29. The highest BCUT2D eigenvalue weighted by Crippen LogP contribution is 2.49. The second-order valence-electron chi connectivity index (χ2n) is 8.69. The molecule has 3 unspecified atom stereocenters. The molecule has 1 aromatic rings. The van der Waals surface area contributed by atoms with Crippen LogP contribution in [0.4, 0.5) is 11.5 Å². The summed E-state index contributed by atoms with van der Waals surface area (Å²) >= 11 is 1.55. The minimum atomic E-state index is -0.148. The molecule has 1 aromatic heterocycles. The zero-order chi connectivity index (χ0) is 21.4. The van der Waals surface area contributed by atoms with Crippen molar-refractivity contribution in [3.63, 3.8) is 0 Å². The topological polar surface area (TPSA) is 108 Å². The Morgan fingerprint density at radius 3 is 2.87 bits per heavy atom. The van der Waals surface area contributed by atoms with Gasteiger partial charge in [-0.2, -0.15) is 5.26 Å². The Labute approximate surface area is 188 Å². The van der Waals surface area contributed by atoms with E-state index in [9.17, 15) is 10.1 Å². The first kappa shape index (κ1) is 20.7. The number of aromatic nitrogens is 1. The van der Waals surface area contributed by atoms with Crippen LogP contribution in [0.1, 0.15) is 26.3 Å². The lowest BCUT2D eigenvalue weighted by molar-refractivity contribution is -0.116. The van der Waals surface area contributed by atoms with Gasteiger partial charge < -0.3 is 10.2 Å². The van der Waals surface area contributed by atoms with Gasteiger partial charge in [-0.15, -0.1) is 0 Å². The average molecular weight is 443 g/mol. The summed E-state index contributed by atoms with van der Waals surface area (Å²) in [5.74, 6) is 1.41. The van der Waals surface area contributed by atoms with Crippen LogP contribution >= 0.6 is 11.9 Å². The Bertz CT molecular complexity index is 927. The predicted molar refractivity (Wildman–Crippen MR) is 123 cm³/mol. The lowest BCUT2D eigenvalue weighted by Gasteiger charge is -2.29. The molecule has 4 aliphatic rings. The summed E-state index contributed by atoms with van der Waals surface area (Å²) in [6.45, 7) is 3.58. The van der Waals surface area contributed by atoms with E-state index < -0.39 is 0 Å². The number of nitrogens with zero attached hydrogens (tertiary/aromatic N) is 4. The summed E-state index contributed by atoms with van der Waals surface area (Å²) < 4.78 is 3.58. The van der Waals surface area contributed by atoms with Gasteiger partial charge in [-0.1, -0.05) is 23.6 Å². The summed E-state index contributed by atoms with van der Waals surface area (Å²) in [5, 5.41) is 14.1. The molecule has 0 spiro atoms. The van der Waals surface area contributed by atoms with Gasteiger partial charge in [0.2, 0.25) is 5.91 Å². The number of carbonyl (C=O) groups is 1. The van der Waals surface area contributed by atoms with Gasteiger partial charge in [-0.3, -0.25) is 9.52 Å². The minimum Gasteiger partial charge on any atom is -0.324 e. The van der Waals surface area contributed by atoms with E-state index in [0.29, 0.717) is 28.9 Å². The largest absolute Gasteiger partial charge is 0.324 e. The maximum Gasteiger partial charge on any atom is 0.239 e. The molecule has 3 atom stereocenters. The number of nitriles is 1. The zero-order valence-corrected chi connectivity index (χ0v) is 18.4. The number of nitrogens with one attached hydrogen (secondary N) is 4. The quantitative estimate of drug-likeness (QED) is 0.396. The van der Waals surface area contributed by atoms with Gasteiger partial charge in [0.25, 0.3) is 0 Å². The van der Waals surface area contributed by atoms with Crippen LogP contribution in [0, 0.1) is 23.2 Å². The lowest BCUT2D eigenvalue weighted by atomic mass is 9.84. The van der Waals surface area contributed by atoms with Crippen molar-refractivity contribution in [3.8, 4) is 6.07 Å². The van der Waals surface area contributed by atoms with Gasteiger partial charge in [-0.25, -0.2) is 21.0 Å². The molecule has 31 heavy (non-hydrogen) atoms. The van der Waals surface area contributed by atoms with Crippen LogP contribution in [-0.2, 0) is 4.79 Å². The van der Waals surface area contributed by atoms with Crippen LogP contribution in [0.5, 0.6) is 0 Å². The summed E-state index contributed by atoms with van der Waals surface area (Å²) in [5.41, 5.74) is 8.65. The molecule has 0 aromatic carbocycles. The first-order valence-electron chi connectivity index (χ1n) is 10.9. The fourth-order valence-corrected chi connectivity index (χ4v) is 5.94. The smallest absolute Gasteiger partial charge is 0.239 e. The molecule has 1 amide bonds. The number of rotatable bonds is 5. The summed E-state index contributed by atoms with van der Waals surface area (Å²) in [6.07, 6.45) is 7.41. The highest BCUT2D eigenvalue weighted by molar-refractivity contribution is 7.99. The standard InChI is InChI=1S/C21H28N8OS.H2/c1-28-8-4-14(5-9-28)18-17(13-2-3-13)19(31-27-18)21(30)26-16-10-15(11-22)20(23-12-16)29-24-6-7-25-29;/h4,10,12-13,17-19,24-25,27H,2-3,5-9H2,1H3,(H,26,30);1H. The zero-order valence-electron chi connectivity index (χ0n) is 17.6. The molecule has 1 saturated carbocycles. The van der Waals surface area contributed by atoms with Crippen molar-refractivity contribution in [3.05, 3.63) is 29.5 Å². The molecule has 1 aliphatic carbocycles. The first-order chi connectivity index (χ1) is 15.1. The summed E-state index contributed by atoms with van der Waals surface area (Å²) in [7, 11) is 2.14. The predicted octanol–water partition coefficient (Wildman–Crippen LogP) is 1.24. The Hall–Kier alpha value is -2.16. The van der Waals surface area contributed by atoms with Gasteiger partial charge in [0, 0.05) is 39.6 Å². The van der Waals surface area contributed by atoms with Crippen molar-refractivity contribution < 1.29 is 6.22 Å². The maximum atomic E-state index is 13.2. The van der Waals surface area contributed by atoms with Crippen molar-refractivity contribution in [2.75, 3.05) is 43.7 Å². The van der Waals surface area contributed by atoms with Gasteiger partial charge >= 0.3 is 0 Å². The molecule has 4 heterocycles. The van der Waals surface area contributed by atoms with E-state index in [2.05, 4.69) is 50.0 Å². The number of likely N-dealkylation sites (N-methyl/N-ethyl adjacent to an activating group) is 1. The number of carbonyl (C=O) groups excluding carboxylic acids is 1. The van der Waals surface area contributed by atoms with E-state index in [1.54, 1.807) is 29.3 Å². The normalized spacial score (nSPS) is 29.0. The third-order valence-corrected chi connectivity index (χ3v) is 7.63. The molecule has 166 valence electrons. The molecule has 4 N–H and O–H groups in total. The molecule has 2 saturated heterocycles. The lowest BCUT2D eigenvalue weighted by Crippen LogP contribution is -2.39. The van der Waals surface area contributed by atoms with Crippen molar-refractivity contribution in [2.24, 2.45) is 11.8 Å². The molecular formula is C21H30N8OS. The van der Waals surface area contributed by atoms with Crippen LogP contribution in [0.2, 0.25) is 0 Å². The molecular weight excluding hydrogens is 412 g/mol. The van der Waals surface area contributed by atoms with Crippen molar-refractivity contribution in [1.29, 1.82) is 5.26 Å².